The molecular formula is C78H146N4O12. The Hall–Kier alpha value is -3.79. The number of esters is 5. The fourth-order valence-corrected chi connectivity index (χ4v) is 13.3. The van der Waals surface area contributed by atoms with Crippen molar-refractivity contribution in [1.29, 1.82) is 0 Å². The molecule has 2 amide bonds. The number of amides is 2. The average Bonchev–Trinajstić information content (AvgIpc) is 0.867. The topological polar surface area (TPSA) is 196 Å². The predicted octanol–water partition coefficient (Wildman–Crippen LogP) is 17.4. The number of nitrogens with zero attached hydrogens (tertiary/aromatic N) is 2. The first-order valence-electron chi connectivity index (χ1n) is 39.3. The van der Waals surface area contributed by atoms with E-state index >= 15 is 0 Å². The average molecular weight is 1330 g/mol. The van der Waals surface area contributed by atoms with Crippen LogP contribution in [-0.4, -0.2) is 137 Å². The highest BCUT2D eigenvalue weighted by atomic mass is 16.5. The molecule has 1 aliphatic carbocycles. The first-order valence-corrected chi connectivity index (χ1v) is 39.3. The van der Waals surface area contributed by atoms with Crippen LogP contribution < -0.4 is 10.6 Å². The van der Waals surface area contributed by atoms with Crippen LogP contribution >= 0.6 is 0 Å². The highest BCUT2D eigenvalue weighted by molar-refractivity contribution is 5.84. The highest BCUT2D eigenvalue weighted by Gasteiger charge is 2.39. The maximum atomic E-state index is 13.7. The standard InChI is InChI=1S/C78H146N4O12/c1-10-38-65(5)46-58-91-72(83)42-26-14-20-32-52-81(53-33-21-15-27-43-73(84)92-59-47-66(6)39-11-2)56-36-24-18-30-50-79-76(87)69-62-70(64-71(63-69)78(89)90-9)77(88)80-51-31-19-25-37-57-82(54-34-22-16-28-44-74(85)93-60-48-67(7)40-12-3)55-35-23-17-29-45-75(86)94-61-49-68(8)41-13-4/h65-71H,10-64H2,1-9H3,(H,79,87)(H,80,88). The van der Waals surface area contributed by atoms with Crippen molar-refractivity contribution in [3.05, 3.63) is 0 Å². The number of unbranched alkanes of at least 4 members (excludes halogenated alkanes) is 18. The monoisotopic (exact) mass is 1330 g/mol. The van der Waals surface area contributed by atoms with Crippen molar-refractivity contribution in [3.63, 3.8) is 0 Å². The summed E-state index contributed by atoms with van der Waals surface area (Å²) in [6.45, 7) is 27.0. The van der Waals surface area contributed by atoms with Gasteiger partial charge in [0, 0.05) is 50.6 Å². The Morgan fingerprint density at radius 3 is 0.809 bits per heavy atom. The molecule has 0 spiro atoms. The lowest BCUT2D eigenvalue weighted by molar-refractivity contribution is -0.150. The number of methoxy groups -OCH3 is 1. The van der Waals surface area contributed by atoms with Crippen molar-refractivity contribution in [2.45, 2.75) is 331 Å². The van der Waals surface area contributed by atoms with Gasteiger partial charge in [-0.3, -0.25) is 33.6 Å². The van der Waals surface area contributed by atoms with E-state index in [4.69, 9.17) is 23.7 Å². The third-order valence-electron chi connectivity index (χ3n) is 19.4. The van der Waals surface area contributed by atoms with Gasteiger partial charge in [-0.2, -0.15) is 0 Å². The van der Waals surface area contributed by atoms with Crippen LogP contribution in [-0.2, 0) is 57.2 Å². The van der Waals surface area contributed by atoms with E-state index in [-0.39, 0.29) is 41.7 Å². The van der Waals surface area contributed by atoms with Crippen LogP contribution in [0.5, 0.6) is 0 Å². The summed E-state index contributed by atoms with van der Waals surface area (Å²) in [4.78, 5) is 94.7. The third-order valence-corrected chi connectivity index (χ3v) is 19.4. The lowest BCUT2D eigenvalue weighted by Gasteiger charge is -2.32. The van der Waals surface area contributed by atoms with Crippen LogP contribution in [0.15, 0.2) is 0 Å². The molecule has 1 aliphatic rings. The number of hydrogen-bond donors (Lipinski definition) is 2. The number of ether oxygens (including phenoxy) is 5. The molecule has 0 radical (unpaired) electrons. The summed E-state index contributed by atoms with van der Waals surface area (Å²) in [5, 5.41) is 6.30. The molecule has 0 aromatic carbocycles. The van der Waals surface area contributed by atoms with Crippen LogP contribution in [0, 0.1) is 41.4 Å². The number of carbonyl (C=O) groups excluding carboxylic acids is 7. The van der Waals surface area contributed by atoms with Crippen LogP contribution in [0.1, 0.15) is 331 Å². The van der Waals surface area contributed by atoms with Crippen LogP contribution in [0.25, 0.3) is 0 Å². The van der Waals surface area contributed by atoms with Crippen LogP contribution in [0.3, 0.4) is 0 Å². The second-order valence-corrected chi connectivity index (χ2v) is 28.7. The molecule has 94 heavy (non-hydrogen) atoms. The van der Waals surface area contributed by atoms with Crippen molar-refractivity contribution in [1.82, 2.24) is 20.4 Å². The second-order valence-electron chi connectivity index (χ2n) is 28.7. The maximum Gasteiger partial charge on any atom is 0.308 e. The van der Waals surface area contributed by atoms with E-state index in [0.717, 1.165) is 245 Å². The van der Waals surface area contributed by atoms with Crippen molar-refractivity contribution >= 4 is 41.7 Å². The third kappa shape index (κ3) is 51.4. The Morgan fingerprint density at radius 1 is 0.330 bits per heavy atom. The normalized spacial score (nSPS) is 16.1. The summed E-state index contributed by atoms with van der Waals surface area (Å²) in [7, 11) is 1.37. The Balaban J connectivity index is 2.60. The molecule has 0 aliphatic heterocycles. The summed E-state index contributed by atoms with van der Waals surface area (Å²) in [6, 6.07) is 0. The van der Waals surface area contributed by atoms with E-state index in [1.165, 1.54) is 32.8 Å². The summed E-state index contributed by atoms with van der Waals surface area (Å²) >= 11 is 0. The van der Waals surface area contributed by atoms with Crippen molar-refractivity contribution in [3.8, 4) is 0 Å². The quantitative estimate of drug-likeness (QED) is 0.0331. The number of nitrogens with one attached hydrogen (secondary N) is 2. The SMILES string of the molecule is CCCC(C)CCOC(=O)CCCCCCN(CCCCCCNC(=O)C1CC(C(=O)NCCCCCCN(CCCCCCC(=O)OCCC(C)CCC)CCCCCCC(=O)OCCC(C)CCC)CC(C(=O)OC)C1)CCCCCCC(=O)OCCC(C)CCC. The van der Waals surface area contributed by atoms with E-state index < -0.39 is 17.8 Å². The Bertz CT molecular complexity index is 1680. The Morgan fingerprint density at radius 2 is 0.564 bits per heavy atom. The van der Waals surface area contributed by atoms with Gasteiger partial charge in [-0.1, -0.05) is 184 Å². The molecule has 0 saturated heterocycles. The highest BCUT2D eigenvalue weighted by Crippen LogP contribution is 2.35. The molecule has 0 aromatic heterocycles. The molecule has 1 rings (SSSR count). The fraction of sp³-hybridized carbons (Fsp3) is 0.910. The molecule has 0 heterocycles. The number of hydrogen-bond acceptors (Lipinski definition) is 14. The summed E-state index contributed by atoms with van der Waals surface area (Å²) < 4.78 is 27.2. The van der Waals surface area contributed by atoms with Gasteiger partial charge < -0.3 is 44.1 Å². The molecule has 0 aromatic rings. The van der Waals surface area contributed by atoms with E-state index in [1.54, 1.807) is 0 Å². The molecule has 6 atom stereocenters. The van der Waals surface area contributed by atoms with E-state index in [9.17, 15) is 33.6 Å². The molecule has 1 fully saturated rings. The van der Waals surface area contributed by atoms with E-state index in [1.807, 2.05) is 0 Å². The Kier molecular flexibility index (Phi) is 57.8. The number of rotatable bonds is 65. The smallest absolute Gasteiger partial charge is 0.308 e. The first kappa shape index (κ1) is 88.2. The zero-order valence-corrected chi connectivity index (χ0v) is 62.2. The molecule has 2 N–H and O–H groups in total. The Labute approximate surface area is 575 Å². The molecule has 1 saturated carbocycles. The molecule has 550 valence electrons. The fourth-order valence-electron chi connectivity index (χ4n) is 13.3. The zero-order valence-electron chi connectivity index (χ0n) is 62.2. The van der Waals surface area contributed by atoms with Crippen molar-refractivity contribution in [2.24, 2.45) is 41.4 Å². The first-order chi connectivity index (χ1) is 45.5. The lowest BCUT2D eigenvalue weighted by atomic mass is 9.74. The molecular weight excluding hydrogens is 1180 g/mol. The van der Waals surface area contributed by atoms with Gasteiger partial charge in [0.1, 0.15) is 0 Å². The minimum Gasteiger partial charge on any atom is -0.469 e. The molecule has 16 heteroatoms. The maximum absolute atomic E-state index is 13.7. The van der Waals surface area contributed by atoms with Gasteiger partial charge in [0.2, 0.25) is 11.8 Å². The van der Waals surface area contributed by atoms with Gasteiger partial charge in [-0.05, 0) is 185 Å². The summed E-state index contributed by atoms with van der Waals surface area (Å²) in [6.07, 6.45) is 40.4. The molecule has 6 unspecified atom stereocenters. The van der Waals surface area contributed by atoms with E-state index in [2.05, 4.69) is 75.8 Å². The zero-order chi connectivity index (χ0) is 69.1. The van der Waals surface area contributed by atoms with E-state index in [0.29, 0.717) is 108 Å². The van der Waals surface area contributed by atoms with Gasteiger partial charge in [0.15, 0.2) is 0 Å². The van der Waals surface area contributed by atoms with Crippen LogP contribution in [0.2, 0.25) is 0 Å². The van der Waals surface area contributed by atoms with Gasteiger partial charge >= 0.3 is 29.8 Å². The molecule has 16 nitrogen and oxygen atoms in total. The summed E-state index contributed by atoms with van der Waals surface area (Å²) in [5.74, 6) is 0.140. The van der Waals surface area contributed by atoms with Gasteiger partial charge in [-0.25, -0.2) is 0 Å². The largest absolute Gasteiger partial charge is 0.469 e. The number of carbonyl (C=O) groups is 7. The van der Waals surface area contributed by atoms with Gasteiger partial charge in [0.25, 0.3) is 0 Å². The summed E-state index contributed by atoms with van der Waals surface area (Å²) in [5.41, 5.74) is 0. The lowest BCUT2D eigenvalue weighted by Crippen LogP contribution is -2.43. The van der Waals surface area contributed by atoms with Crippen molar-refractivity contribution in [2.75, 3.05) is 85.9 Å². The second kappa shape index (κ2) is 61.5. The van der Waals surface area contributed by atoms with Crippen molar-refractivity contribution < 1.29 is 57.2 Å². The van der Waals surface area contributed by atoms with Gasteiger partial charge in [-0.15, -0.1) is 0 Å². The minimum absolute atomic E-state index is 0.0755. The van der Waals surface area contributed by atoms with Crippen LogP contribution in [0.4, 0.5) is 0 Å². The predicted molar refractivity (Wildman–Crippen MR) is 383 cm³/mol. The minimum atomic E-state index is -0.498. The molecule has 0 bridgehead atoms. The van der Waals surface area contributed by atoms with Gasteiger partial charge in [0.05, 0.1) is 39.5 Å².